The van der Waals surface area contributed by atoms with Crippen LogP contribution in [0.25, 0.3) is 0 Å². The molecule has 3 atom stereocenters. The summed E-state index contributed by atoms with van der Waals surface area (Å²) in [6, 6.07) is -0.547. The summed E-state index contributed by atoms with van der Waals surface area (Å²) in [6.07, 6.45) is 7.79. The normalized spacial score (nSPS) is 31.4. The highest BCUT2D eigenvalue weighted by molar-refractivity contribution is 5.97. The molecule has 3 unspecified atom stereocenters. The minimum absolute atomic E-state index is 0.00146. The average Bonchev–Trinajstić information content (AvgIpc) is 2.40. The zero-order valence-corrected chi connectivity index (χ0v) is 13.0. The smallest absolute Gasteiger partial charge is 0.246 e. The number of nitrogens with one attached hydrogen (secondary N) is 1. The van der Waals surface area contributed by atoms with Gasteiger partial charge in [-0.15, -0.1) is 0 Å². The van der Waals surface area contributed by atoms with Crippen LogP contribution >= 0.6 is 0 Å². The molecule has 2 aliphatic rings. The summed E-state index contributed by atoms with van der Waals surface area (Å²) >= 11 is 0. The van der Waals surface area contributed by atoms with E-state index in [1.165, 1.54) is 0 Å². The molecule has 2 amide bonds. The maximum atomic E-state index is 12.9. The van der Waals surface area contributed by atoms with Gasteiger partial charge in [0.25, 0.3) is 0 Å². The average molecular weight is 278 g/mol. The Morgan fingerprint density at radius 1 is 1.30 bits per heavy atom. The quantitative estimate of drug-likeness (QED) is 0.788. The van der Waals surface area contributed by atoms with Gasteiger partial charge in [-0.05, 0) is 31.1 Å². The van der Waals surface area contributed by atoms with Crippen molar-refractivity contribution in [1.29, 1.82) is 0 Å². The van der Waals surface area contributed by atoms with Gasteiger partial charge in [-0.3, -0.25) is 9.59 Å². The molecule has 1 heterocycles. The van der Waals surface area contributed by atoms with Crippen LogP contribution in [0.5, 0.6) is 0 Å². The predicted octanol–water partition coefficient (Wildman–Crippen LogP) is 2.25. The van der Waals surface area contributed by atoms with Crippen molar-refractivity contribution >= 4 is 11.8 Å². The van der Waals surface area contributed by atoms with Crippen LogP contribution in [0.3, 0.4) is 0 Å². The Bertz CT molecular complexity index is 423. The van der Waals surface area contributed by atoms with Crippen LogP contribution in [0.15, 0.2) is 12.2 Å². The molecular weight excluding hydrogens is 252 g/mol. The summed E-state index contributed by atoms with van der Waals surface area (Å²) in [5.41, 5.74) is -0.256. The fourth-order valence-electron chi connectivity index (χ4n) is 3.16. The van der Waals surface area contributed by atoms with Gasteiger partial charge in [-0.1, -0.05) is 39.8 Å². The van der Waals surface area contributed by atoms with Gasteiger partial charge in [0.2, 0.25) is 11.8 Å². The van der Waals surface area contributed by atoms with Crippen LogP contribution in [0.4, 0.5) is 0 Å². The molecule has 4 nitrogen and oxygen atoms in total. The van der Waals surface area contributed by atoms with Crippen molar-refractivity contribution in [2.75, 3.05) is 0 Å². The van der Waals surface area contributed by atoms with E-state index in [0.717, 1.165) is 19.3 Å². The molecule has 1 saturated heterocycles. The van der Waals surface area contributed by atoms with E-state index in [9.17, 15) is 9.59 Å². The molecule has 4 heteroatoms. The van der Waals surface area contributed by atoms with Gasteiger partial charge >= 0.3 is 0 Å². The fourth-order valence-corrected chi connectivity index (χ4v) is 3.16. The van der Waals surface area contributed by atoms with E-state index in [4.69, 9.17) is 0 Å². The highest BCUT2D eigenvalue weighted by Crippen LogP contribution is 2.30. The fraction of sp³-hybridized carbons (Fsp3) is 0.750. The molecule has 0 aromatic carbocycles. The molecule has 0 aromatic heterocycles. The molecule has 0 radical (unpaired) electrons. The van der Waals surface area contributed by atoms with E-state index in [1.807, 2.05) is 32.6 Å². The zero-order chi connectivity index (χ0) is 14.9. The summed E-state index contributed by atoms with van der Waals surface area (Å²) in [5.74, 6) is 0.0887. The Labute approximate surface area is 121 Å². The summed E-state index contributed by atoms with van der Waals surface area (Å²) < 4.78 is 0. The van der Waals surface area contributed by atoms with E-state index < -0.39 is 6.04 Å². The van der Waals surface area contributed by atoms with E-state index in [2.05, 4.69) is 17.5 Å². The number of carbonyl (C=O) groups excluding carboxylic acids is 2. The van der Waals surface area contributed by atoms with Gasteiger partial charge in [0.15, 0.2) is 0 Å². The second-order valence-corrected chi connectivity index (χ2v) is 6.92. The highest BCUT2D eigenvalue weighted by Gasteiger charge is 2.46. The lowest BCUT2D eigenvalue weighted by Crippen LogP contribution is -2.68. The largest absolute Gasteiger partial charge is 0.342 e. The molecule has 112 valence electrons. The monoisotopic (exact) mass is 278 g/mol. The number of allylic oxidation sites excluding steroid dienone is 1. The summed E-state index contributed by atoms with van der Waals surface area (Å²) in [6.45, 7) is 7.98. The lowest BCUT2D eigenvalue weighted by atomic mass is 9.82. The van der Waals surface area contributed by atoms with E-state index in [-0.39, 0.29) is 29.3 Å². The van der Waals surface area contributed by atoms with Crippen LogP contribution in [0.2, 0.25) is 0 Å². The third kappa shape index (κ3) is 2.74. The van der Waals surface area contributed by atoms with Crippen molar-refractivity contribution < 1.29 is 9.59 Å². The topological polar surface area (TPSA) is 49.4 Å². The minimum atomic E-state index is -0.413. The van der Waals surface area contributed by atoms with Gasteiger partial charge in [0.05, 0.1) is 0 Å². The van der Waals surface area contributed by atoms with Crippen molar-refractivity contribution in [3.8, 4) is 0 Å². The van der Waals surface area contributed by atoms with E-state index in [1.54, 1.807) is 0 Å². The van der Waals surface area contributed by atoms with Crippen molar-refractivity contribution in [2.24, 2.45) is 5.41 Å². The standard InChI is InChI=1S/C16H26N2O2/c1-5-12-14(19)17-13(16(2,3)4)15(20)18(12)11-9-7-6-8-10-11/h6-7,11-13H,5,8-10H2,1-4H3,(H,17,19). The summed E-state index contributed by atoms with van der Waals surface area (Å²) in [5, 5.41) is 2.93. The van der Waals surface area contributed by atoms with Gasteiger partial charge in [0.1, 0.15) is 12.1 Å². The lowest BCUT2D eigenvalue weighted by Gasteiger charge is -2.46. The first-order valence-corrected chi connectivity index (χ1v) is 7.63. The molecule has 1 fully saturated rings. The summed E-state index contributed by atoms with van der Waals surface area (Å²) in [4.78, 5) is 27.1. The number of amides is 2. The van der Waals surface area contributed by atoms with E-state index in [0.29, 0.717) is 6.42 Å². The number of hydrogen-bond donors (Lipinski definition) is 1. The van der Waals surface area contributed by atoms with Gasteiger partial charge in [-0.2, -0.15) is 0 Å². The van der Waals surface area contributed by atoms with Crippen LogP contribution in [0, 0.1) is 5.41 Å². The Kier molecular flexibility index (Phi) is 4.21. The molecule has 1 aliphatic carbocycles. The van der Waals surface area contributed by atoms with Crippen molar-refractivity contribution in [3.05, 3.63) is 12.2 Å². The number of rotatable bonds is 2. The first kappa shape index (κ1) is 15.1. The lowest BCUT2D eigenvalue weighted by molar-refractivity contribution is -0.155. The first-order chi connectivity index (χ1) is 9.36. The van der Waals surface area contributed by atoms with Crippen LogP contribution in [-0.2, 0) is 9.59 Å². The van der Waals surface area contributed by atoms with E-state index >= 15 is 0 Å². The molecule has 0 aromatic rings. The maximum absolute atomic E-state index is 12.9. The van der Waals surface area contributed by atoms with Crippen LogP contribution < -0.4 is 5.32 Å². The second-order valence-electron chi connectivity index (χ2n) is 6.92. The first-order valence-electron chi connectivity index (χ1n) is 7.63. The van der Waals surface area contributed by atoms with Gasteiger partial charge in [0, 0.05) is 6.04 Å². The highest BCUT2D eigenvalue weighted by atomic mass is 16.2. The minimum Gasteiger partial charge on any atom is -0.342 e. The Morgan fingerprint density at radius 3 is 2.50 bits per heavy atom. The van der Waals surface area contributed by atoms with Gasteiger partial charge < -0.3 is 10.2 Å². The molecular formula is C16H26N2O2. The second kappa shape index (κ2) is 5.58. The zero-order valence-electron chi connectivity index (χ0n) is 13.0. The molecule has 2 rings (SSSR count). The predicted molar refractivity (Wildman–Crippen MR) is 79.1 cm³/mol. The molecule has 1 N–H and O–H groups in total. The summed E-state index contributed by atoms with van der Waals surface area (Å²) in [7, 11) is 0. The third-order valence-electron chi connectivity index (χ3n) is 4.31. The Morgan fingerprint density at radius 2 is 2.00 bits per heavy atom. The number of carbonyl (C=O) groups is 2. The van der Waals surface area contributed by atoms with Crippen molar-refractivity contribution in [1.82, 2.24) is 10.2 Å². The third-order valence-corrected chi connectivity index (χ3v) is 4.31. The van der Waals surface area contributed by atoms with Crippen molar-refractivity contribution in [2.45, 2.75) is 71.5 Å². The molecule has 0 spiro atoms. The Hall–Kier alpha value is -1.32. The molecule has 0 bridgehead atoms. The molecule has 20 heavy (non-hydrogen) atoms. The number of nitrogens with zero attached hydrogens (tertiary/aromatic N) is 1. The SMILES string of the molecule is CCC1C(=O)NC(C(C)(C)C)C(=O)N1C1CC=CCC1. The Balaban J connectivity index is 2.30. The van der Waals surface area contributed by atoms with Crippen LogP contribution in [0.1, 0.15) is 53.4 Å². The van der Waals surface area contributed by atoms with Crippen LogP contribution in [-0.4, -0.2) is 34.8 Å². The maximum Gasteiger partial charge on any atom is 0.246 e. The number of hydrogen-bond acceptors (Lipinski definition) is 2. The van der Waals surface area contributed by atoms with Crippen molar-refractivity contribution in [3.63, 3.8) is 0 Å². The number of piperazine rings is 1. The van der Waals surface area contributed by atoms with Gasteiger partial charge in [-0.25, -0.2) is 0 Å². The molecule has 0 saturated carbocycles. The molecule has 1 aliphatic heterocycles.